The fraction of sp³-hybridized carbons (Fsp3) is 0.310. The van der Waals surface area contributed by atoms with Crippen molar-refractivity contribution in [2.75, 3.05) is 25.0 Å². The van der Waals surface area contributed by atoms with Gasteiger partial charge in [0.1, 0.15) is 18.3 Å². The van der Waals surface area contributed by atoms with Crippen molar-refractivity contribution in [1.29, 1.82) is 0 Å². The summed E-state index contributed by atoms with van der Waals surface area (Å²) in [6.45, 7) is 5.23. The minimum atomic E-state index is -4.16. The van der Waals surface area contributed by atoms with Crippen LogP contribution in [0, 0.1) is 13.8 Å². The summed E-state index contributed by atoms with van der Waals surface area (Å²) in [6.07, 6.45) is 0.358. The summed E-state index contributed by atoms with van der Waals surface area (Å²) in [5.41, 5.74) is 2.90. The van der Waals surface area contributed by atoms with Crippen LogP contribution in [0.3, 0.4) is 0 Å². The highest BCUT2D eigenvalue weighted by molar-refractivity contribution is 7.92. The number of aryl methyl sites for hydroxylation is 2. The van der Waals surface area contributed by atoms with Crippen molar-refractivity contribution in [3.63, 3.8) is 0 Å². The van der Waals surface area contributed by atoms with Gasteiger partial charge in [-0.1, -0.05) is 61.0 Å². The van der Waals surface area contributed by atoms with E-state index >= 15 is 0 Å². The van der Waals surface area contributed by atoms with E-state index in [0.717, 1.165) is 21.0 Å². The standard InChI is InChI=1S/C29H35N3O5S/c1-6-25(29(34)30-4)31(19-23-12-10-11-21(2)17-23)28(33)20-32(26-18-22(3)15-16-27(26)37-5)38(35,36)24-13-8-7-9-14-24/h7-18,25H,6,19-20H2,1-5H3,(H,30,34). The Hall–Kier alpha value is -3.85. The molecular formula is C29H35N3O5S. The highest BCUT2D eigenvalue weighted by atomic mass is 32.2. The summed E-state index contributed by atoms with van der Waals surface area (Å²) in [6, 6.07) is 20.0. The van der Waals surface area contributed by atoms with Crippen LogP contribution in [0.2, 0.25) is 0 Å². The Morgan fingerprint density at radius 2 is 1.63 bits per heavy atom. The molecule has 0 fully saturated rings. The summed E-state index contributed by atoms with van der Waals surface area (Å²) in [7, 11) is -1.20. The minimum Gasteiger partial charge on any atom is -0.495 e. The Kier molecular flexibility index (Phi) is 9.52. The number of nitrogens with zero attached hydrogens (tertiary/aromatic N) is 2. The number of hydrogen-bond acceptors (Lipinski definition) is 5. The number of rotatable bonds is 11. The van der Waals surface area contributed by atoms with Crippen molar-refractivity contribution in [2.24, 2.45) is 0 Å². The smallest absolute Gasteiger partial charge is 0.264 e. The Labute approximate surface area is 225 Å². The van der Waals surface area contributed by atoms with Crippen LogP contribution >= 0.6 is 0 Å². The summed E-state index contributed by atoms with van der Waals surface area (Å²) < 4.78 is 34.4. The molecule has 0 aliphatic heterocycles. The van der Waals surface area contributed by atoms with E-state index in [1.165, 1.54) is 31.2 Å². The maximum absolute atomic E-state index is 14.0. The highest BCUT2D eigenvalue weighted by Gasteiger charge is 2.34. The Morgan fingerprint density at radius 1 is 0.947 bits per heavy atom. The van der Waals surface area contributed by atoms with Crippen LogP contribution in [0.4, 0.5) is 5.69 Å². The molecule has 0 aliphatic rings. The number of sulfonamides is 1. The molecule has 0 heterocycles. The number of hydrogen-bond donors (Lipinski definition) is 1. The van der Waals surface area contributed by atoms with Crippen LogP contribution in [0.25, 0.3) is 0 Å². The van der Waals surface area contributed by atoms with E-state index in [4.69, 9.17) is 4.74 Å². The number of ether oxygens (including phenoxy) is 1. The van der Waals surface area contributed by atoms with Gasteiger partial charge in [-0.25, -0.2) is 8.42 Å². The molecule has 38 heavy (non-hydrogen) atoms. The summed E-state index contributed by atoms with van der Waals surface area (Å²) in [4.78, 5) is 28.3. The fourth-order valence-corrected chi connectivity index (χ4v) is 5.76. The third kappa shape index (κ3) is 6.52. The molecule has 9 heteroatoms. The van der Waals surface area contributed by atoms with Gasteiger partial charge in [0.05, 0.1) is 17.7 Å². The van der Waals surface area contributed by atoms with Crippen molar-refractivity contribution in [3.05, 3.63) is 89.5 Å². The average molecular weight is 538 g/mol. The predicted octanol–water partition coefficient (Wildman–Crippen LogP) is 4.06. The number of anilines is 1. The number of likely N-dealkylation sites (N-methyl/N-ethyl adjacent to an activating group) is 1. The van der Waals surface area contributed by atoms with E-state index in [0.29, 0.717) is 12.2 Å². The zero-order valence-electron chi connectivity index (χ0n) is 22.5. The zero-order chi connectivity index (χ0) is 27.9. The van der Waals surface area contributed by atoms with E-state index in [1.807, 2.05) is 45.0 Å². The van der Waals surface area contributed by atoms with Crippen LogP contribution in [0.5, 0.6) is 5.75 Å². The minimum absolute atomic E-state index is 0.0416. The molecule has 1 unspecified atom stereocenters. The molecule has 0 saturated carbocycles. The second-order valence-electron chi connectivity index (χ2n) is 9.05. The second kappa shape index (κ2) is 12.6. The molecule has 3 rings (SSSR count). The maximum atomic E-state index is 14.0. The van der Waals surface area contributed by atoms with Gasteiger partial charge in [0, 0.05) is 13.6 Å². The van der Waals surface area contributed by atoms with Gasteiger partial charge in [-0.2, -0.15) is 0 Å². The topological polar surface area (TPSA) is 96.0 Å². The number of benzene rings is 3. The molecule has 1 atom stereocenters. The second-order valence-corrected chi connectivity index (χ2v) is 10.9. The van der Waals surface area contributed by atoms with Gasteiger partial charge in [0.15, 0.2) is 0 Å². The van der Waals surface area contributed by atoms with E-state index in [9.17, 15) is 18.0 Å². The first-order valence-electron chi connectivity index (χ1n) is 12.4. The van der Waals surface area contributed by atoms with Crippen LogP contribution in [0.15, 0.2) is 77.7 Å². The van der Waals surface area contributed by atoms with Gasteiger partial charge in [0.2, 0.25) is 11.8 Å². The van der Waals surface area contributed by atoms with Crippen molar-refractivity contribution >= 4 is 27.5 Å². The van der Waals surface area contributed by atoms with Crippen molar-refractivity contribution in [3.8, 4) is 5.75 Å². The molecule has 0 saturated heterocycles. The molecule has 0 bridgehead atoms. The number of carbonyl (C=O) groups excluding carboxylic acids is 2. The molecule has 2 amide bonds. The lowest BCUT2D eigenvalue weighted by molar-refractivity contribution is -0.140. The SMILES string of the molecule is CCC(C(=O)NC)N(Cc1cccc(C)c1)C(=O)CN(c1cc(C)ccc1OC)S(=O)(=O)c1ccccc1. The average Bonchev–Trinajstić information content (AvgIpc) is 2.91. The molecule has 0 aromatic heterocycles. The number of methoxy groups -OCH3 is 1. The summed E-state index contributed by atoms with van der Waals surface area (Å²) in [5, 5.41) is 2.63. The fourth-order valence-electron chi connectivity index (χ4n) is 4.32. The van der Waals surface area contributed by atoms with Gasteiger partial charge in [-0.15, -0.1) is 0 Å². The molecule has 3 aromatic rings. The molecular weight excluding hydrogens is 502 g/mol. The molecule has 0 spiro atoms. The summed E-state index contributed by atoms with van der Waals surface area (Å²) >= 11 is 0. The zero-order valence-corrected chi connectivity index (χ0v) is 23.3. The van der Waals surface area contributed by atoms with Gasteiger partial charge in [-0.3, -0.25) is 13.9 Å². The first-order chi connectivity index (χ1) is 18.1. The Bertz CT molecular complexity index is 1380. The van der Waals surface area contributed by atoms with E-state index in [1.54, 1.807) is 36.4 Å². The van der Waals surface area contributed by atoms with Crippen LogP contribution in [0.1, 0.15) is 30.0 Å². The van der Waals surface area contributed by atoms with Crippen molar-refractivity contribution < 1.29 is 22.7 Å². The maximum Gasteiger partial charge on any atom is 0.264 e. The number of nitrogens with one attached hydrogen (secondary N) is 1. The third-order valence-electron chi connectivity index (χ3n) is 6.28. The lowest BCUT2D eigenvalue weighted by Gasteiger charge is -2.33. The van der Waals surface area contributed by atoms with E-state index in [-0.39, 0.29) is 23.0 Å². The quantitative estimate of drug-likeness (QED) is 0.398. The third-order valence-corrected chi connectivity index (χ3v) is 8.05. The summed E-state index contributed by atoms with van der Waals surface area (Å²) in [5.74, 6) is -0.518. The van der Waals surface area contributed by atoms with Crippen molar-refractivity contribution in [1.82, 2.24) is 10.2 Å². The highest BCUT2D eigenvalue weighted by Crippen LogP contribution is 2.33. The van der Waals surface area contributed by atoms with E-state index < -0.39 is 28.5 Å². The lowest BCUT2D eigenvalue weighted by atomic mass is 10.1. The van der Waals surface area contributed by atoms with Crippen LogP contribution < -0.4 is 14.4 Å². The molecule has 202 valence electrons. The first kappa shape index (κ1) is 28.7. The van der Waals surface area contributed by atoms with Gasteiger partial charge in [-0.05, 0) is 55.7 Å². The monoisotopic (exact) mass is 537 g/mol. The predicted molar refractivity (Wildman–Crippen MR) is 149 cm³/mol. The van der Waals surface area contributed by atoms with Crippen LogP contribution in [-0.2, 0) is 26.2 Å². The largest absolute Gasteiger partial charge is 0.495 e. The number of carbonyl (C=O) groups is 2. The molecule has 8 nitrogen and oxygen atoms in total. The first-order valence-corrected chi connectivity index (χ1v) is 13.8. The normalized spacial score (nSPS) is 11.9. The molecule has 0 aliphatic carbocycles. The van der Waals surface area contributed by atoms with Crippen LogP contribution in [-0.4, -0.2) is 51.9 Å². The molecule has 0 radical (unpaired) electrons. The van der Waals surface area contributed by atoms with Gasteiger partial charge < -0.3 is 15.0 Å². The molecule has 1 N–H and O–H groups in total. The van der Waals surface area contributed by atoms with Gasteiger partial charge in [0.25, 0.3) is 10.0 Å². The Balaban J connectivity index is 2.12. The van der Waals surface area contributed by atoms with Crippen molar-refractivity contribution in [2.45, 2.75) is 44.7 Å². The number of amides is 2. The lowest BCUT2D eigenvalue weighted by Crippen LogP contribution is -2.51. The Morgan fingerprint density at radius 3 is 2.24 bits per heavy atom. The van der Waals surface area contributed by atoms with E-state index in [2.05, 4.69) is 5.32 Å². The molecule has 3 aromatic carbocycles. The van der Waals surface area contributed by atoms with Gasteiger partial charge >= 0.3 is 0 Å².